The highest BCUT2D eigenvalue weighted by Crippen LogP contribution is 1.92. The summed E-state index contributed by atoms with van der Waals surface area (Å²) in [7, 11) is 1.70. The van der Waals surface area contributed by atoms with Gasteiger partial charge in [0.1, 0.15) is 12.1 Å². The van der Waals surface area contributed by atoms with Crippen molar-refractivity contribution in [2.24, 2.45) is 0 Å². The fourth-order valence-corrected chi connectivity index (χ4v) is 0.403. The van der Waals surface area contributed by atoms with Crippen LogP contribution in [0.25, 0.3) is 0 Å². The van der Waals surface area contributed by atoms with Crippen LogP contribution in [0.1, 0.15) is 0 Å². The number of rotatable bonds is 1. The molecule has 0 atom stereocenters. The monoisotopic (exact) mass is 114 g/mol. The number of hydrogen-bond donors (Lipinski definition) is 2. The lowest BCUT2D eigenvalue weighted by Crippen LogP contribution is -1.96. The Morgan fingerprint density at radius 1 is 1.88 bits per heavy atom. The molecule has 0 radical (unpaired) electrons. The first-order valence-corrected chi connectivity index (χ1v) is 2.18. The second-order valence-corrected chi connectivity index (χ2v) is 1.31. The second kappa shape index (κ2) is 1.73. The maximum absolute atomic E-state index is 10.2. The first-order valence-electron chi connectivity index (χ1n) is 2.18. The van der Waals surface area contributed by atoms with Gasteiger partial charge in [-0.05, 0) is 0 Å². The third-order valence-electron chi connectivity index (χ3n) is 0.790. The van der Waals surface area contributed by atoms with Crippen molar-refractivity contribution >= 4 is 5.82 Å². The largest absolute Gasteiger partial charge is 0.417 e. The van der Waals surface area contributed by atoms with Crippen LogP contribution in [0, 0.1) is 0 Å². The molecule has 4 heteroatoms. The molecule has 1 rings (SSSR count). The summed E-state index contributed by atoms with van der Waals surface area (Å²) in [6.45, 7) is 0. The lowest BCUT2D eigenvalue weighted by molar-refractivity contribution is 0.515. The molecule has 0 aliphatic heterocycles. The smallest absolute Gasteiger partial charge is 0.414 e. The summed E-state index contributed by atoms with van der Waals surface area (Å²) in [6, 6.07) is 0. The fourth-order valence-electron chi connectivity index (χ4n) is 0.403. The summed E-state index contributed by atoms with van der Waals surface area (Å²) in [5, 5.41) is 2.70. The predicted octanol–water partition coefficient (Wildman–Crippen LogP) is 0.00960. The number of hydrogen-bond acceptors (Lipinski definition) is 3. The van der Waals surface area contributed by atoms with Crippen molar-refractivity contribution in [1.29, 1.82) is 0 Å². The van der Waals surface area contributed by atoms with Gasteiger partial charge in [0.15, 0.2) is 0 Å². The van der Waals surface area contributed by atoms with Gasteiger partial charge < -0.3 is 9.73 Å². The number of aromatic amines is 1. The molecule has 4 nitrogen and oxygen atoms in total. The predicted molar refractivity (Wildman–Crippen MR) is 28.9 cm³/mol. The Balaban J connectivity index is 3.01. The molecule has 1 aromatic rings. The van der Waals surface area contributed by atoms with Crippen LogP contribution in [0.15, 0.2) is 15.5 Å². The molecule has 0 spiro atoms. The van der Waals surface area contributed by atoms with Crippen molar-refractivity contribution in [2.75, 3.05) is 12.4 Å². The van der Waals surface area contributed by atoms with E-state index in [0.29, 0.717) is 5.82 Å². The van der Waals surface area contributed by atoms with E-state index >= 15 is 0 Å². The summed E-state index contributed by atoms with van der Waals surface area (Å²) >= 11 is 0. The molecule has 0 bridgehead atoms. The van der Waals surface area contributed by atoms with E-state index in [1.165, 1.54) is 6.26 Å². The van der Waals surface area contributed by atoms with Crippen LogP contribution < -0.4 is 11.1 Å². The first kappa shape index (κ1) is 4.96. The van der Waals surface area contributed by atoms with Gasteiger partial charge >= 0.3 is 5.76 Å². The molecule has 0 amide bonds. The summed E-state index contributed by atoms with van der Waals surface area (Å²) in [5.41, 5.74) is 0. The van der Waals surface area contributed by atoms with Crippen molar-refractivity contribution in [1.82, 2.24) is 4.98 Å². The van der Waals surface area contributed by atoms with Gasteiger partial charge in [-0.25, -0.2) is 4.79 Å². The van der Waals surface area contributed by atoms with Gasteiger partial charge in [0, 0.05) is 7.05 Å². The van der Waals surface area contributed by atoms with E-state index in [0.717, 1.165) is 0 Å². The number of nitrogens with one attached hydrogen (secondary N) is 2. The Hall–Kier alpha value is -1.19. The van der Waals surface area contributed by atoms with Crippen LogP contribution in [-0.4, -0.2) is 12.0 Å². The SMILES string of the molecule is CNc1coc(=O)[nH]1. The van der Waals surface area contributed by atoms with Crippen molar-refractivity contribution in [3.8, 4) is 0 Å². The zero-order chi connectivity index (χ0) is 5.98. The fraction of sp³-hybridized carbons (Fsp3) is 0.250. The molecule has 0 aliphatic rings. The van der Waals surface area contributed by atoms with Crippen LogP contribution in [0.4, 0.5) is 5.82 Å². The molecule has 8 heavy (non-hydrogen) atoms. The van der Waals surface area contributed by atoms with Gasteiger partial charge in [-0.2, -0.15) is 0 Å². The van der Waals surface area contributed by atoms with Gasteiger partial charge in [0.2, 0.25) is 0 Å². The Morgan fingerprint density at radius 3 is 2.88 bits per heavy atom. The van der Waals surface area contributed by atoms with Gasteiger partial charge in [0.25, 0.3) is 0 Å². The minimum atomic E-state index is -0.436. The molecule has 0 saturated carbocycles. The highest BCUT2D eigenvalue weighted by Gasteiger charge is 1.89. The van der Waals surface area contributed by atoms with E-state index in [1.807, 2.05) is 0 Å². The van der Waals surface area contributed by atoms with Crippen molar-refractivity contribution in [3.05, 3.63) is 16.8 Å². The number of anilines is 1. The van der Waals surface area contributed by atoms with E-state index in [4.69, 9.17) is 0 Å². The zero-order valence-electron chi connectivity index (χ0n) is 4.39. The molecule has 1 heterocycles. The molecule has 0 aliphatic carbocycles. The van der Waals surface area contributed by atoms with Crippen molar-refractivity contribution in [2.45, 2.75) is 0 Å². The van der Waals surface area contributed by atoms with Gasteiger partial charge in [0.05, 0.1) is 0 Å². The van der Waals surface area contributed by atoms with Crippen molar-refractivity contribution in [3.63, 3.8) is 0 Å². The van der Waals surface area contributed by atoms with Crippen LogP contribution >= 0.6 is 0 Å². The molecular weight excluding hydrogens is 108 g/mol. The minimum Gasteiger partial charge on any atom is -0.414 e. The maximum Gasteiger partial charge on any atom is 0.417 e. The zero-order valence-corrected chi connectivity index (χ0v) is 4.39. The summed E-state index contributed by atoms with van der Waals surface area (Å²) in [6.07, 6.45) is 1.32. The topological polar surface area (TPSA) is 58.0 Å². The average molecular weight is 114 g/mol. The molecule has 44 valence electrons. The van der Waals surface area contributed by atoms with Gasteiger partial charge in [-0.1, -0.05) is 0 Å². The molecule has 2 N–H and O–H groups in total. The van der Waals surface area contributed by atoms with Gasteiger partial charge in [-0.15, -0.1) is 0 Å². The van der Waals surface area contributed by atoms with E-state index in [2.05, 4.69) is 14.7 Å². The highest BCUT2D eigenvalue weighted by atomic mass is 16.4. The third-order valence-corrected chi connectivity index (χ3v) is 0.790. The van der Waals surface area contributed by atoms with E-state index in [9.17, 15) is 4.79 Å². The molecule has 0 aromatic carbocycles. The van der Waals surface area contributed by atoms with Crippen LogP contribution in [0.2, 0.25) is 0 Å². The van der Waals surface area contributed by atoms with E-state index in [1.54, 1.807) is 7.05 Å². The Kier molecular flexibility index (Phi) is 1.07. The minimum absolute atomic E-state index is 0.436. The van der Waals surface area contributed by atoms with Crippen LogP contribution in [0.5, 0.6) is 0 Å². The molecular formula is C4H6N2O2. The summed E-state index contributed by atoms with van der Waals surface area (Å²) < 4.78 is 4.38. The first-order chi connectivity index (χ1) is 3.83. The standard InChI is InChI=1S/C4H6N2O2/c1-5-3-2-8-4(7)6-3/h2,5H,1H3,(H,6,7). The second-order valence-electron chi connectivity index (χ2n) is 1.31. The Bertz CT molecular complexity index is 212. The Morgan fingerprint density at radius 2 is 2.62 bits per heavy atom. The quantitative estimate of drug-likeness (QED) is 0.540. The van der Waals surface area contributed by atoms with Crippen LogP contribution in [-0.2, 0) is 0 Å². The normalized spacial score (nSPS) is 9.12. The summed E-state index contributed by atoms with van der Waals surface area (Å²) in [4.78, 5) is 12.6. The van der Waals surface area contributed by atoms with Gasteiger partial charge in [-0.3, -0.25) is 4.98 Å². The number of H-pyrrole nitrogens is 1. The number of aromatic nitrogens is 1. The molecule has 0 unspecified atom stereocenters. The van der Waals surface area contributed by atoms with E-state index < -0.39 is 5.76 Å². The lowest BCUT2D eigenvalue weighted by Gasteiger charge is -1.84. The summed E-state index contributed by atoms with van der Waals surface area (Å²) in [5.74, 6) is 0.157. The lowest BCUT2D eigenvalue weighted by atomic mass is 10.8. The molecule has 0 saturated heterocycles. The number of oxazole rings is 1. The maximum atomic E-state index is 10.2. The third kappa shape index (κ3) is 0.726. The highest BCUT2D eigenvalue weighted by molar-refractivity contribution is 5.26. The average Bonchev–Trinajstić information content (AvgIpc) is 2.14. The molecule has 1 aromatic heterocycles. The Labute approximate surface area is 45.5 Å². The van der Waals surface area contributed by atoms with E-state index in [-0.39, 0.29) is 0 Å². The van der Waals surface area contributed by atoms with Crippen molar-refractivity contribution < 1.29 is 4.42 Å². The van der Waals surface area contributed by atoms with Crippen LogP contribution in [0.3, 0.4) is 0 Å². The molecule has 0 fully saturated rings.